The van der Waals surface area contributed by atoms with Crippen LogP contribution in [0.25, 0.3) is 0 Å². The van der Waals surface area contributed by atoms with Crippen LogP contribution in [0, 0.1) is 6.92 Å². The Balaban J connectivity index is 1.89. The van der Waals surface area contributed by atoms with E-state index >= 15 is 0 Å². The van der Waals surface area contributed by atoms with E-state index in [4.69, 9.17) is 4.74 Å². The number of carbonyl (C=O) groups is 1. The second kappa shape index (κ2) is 8.19. The van der Waals surface area contributed by atoms with E-state index in [9.17, 15) is 9.90 Å². The second-order valence-corrected chi connectivity index (χ2v) is 5.19. The van der Waals surface area contributed by atoms with Crippen molar-refractivity contribution in [3.63, 3.8) is 0 Å². The summed E-state index contributed by atoms with van der Waals surface area (Å²) in [7, 11) is 0. The number of aliphatic hydroxyl groups excluding tert-OH is 1. The molecule has 2 amide bonds. The van der Waals surface area contributed by atoms with Crippen molar-refractivity contribution in [2.45, 2.75) is 20.0 Å². The van der Waals surface area contributed by atoms with Crippen molar-refractivity contribution in [3.05, 3.63) is 59.7 Å². The summed E-state index contributed by atoms with van der Waals surface area (Å²) in [5.74, 6) is 0.615. The van der Waals surface area contributed by atoms with E-state index in [0.29, 0.717) is 18.0 Å². The number of urea groups is 1. The molecule has 0 spiro atoms. The van der Waals surface area contributed by atoms with Gasteiger partial charge in [0.05, 0.1) is 18.4 Å². The van der Waals surface area contributed by atoms with Crippen LogP contribution in [0.4, 0.5) is 10.5 Å². The third-order valence-corrected chi connectivity index (χ3v) is 3.35. The Bertz CT molecular complexity index is 641. The largest absolute Gasteiger partial charge is 0.492 e. The lowest BCUT2D eigenvalue weighted by Crippen LogP contribution is -2.32. The van der Waals surface area contributed by atoms with Crippen molar-refractivity contribution in [2.75, 3.05) is 18.5 Å². The number of rotatable bonds is 6. The van der Waals surface area contributed by atoms with Gasteiger partial charge in [-0.25, -0.2) is 4.79 Å². The molecule has 5 heteroatoms. The zero-order valence-electron chi connectivity index (χ0n) is 13.4. The van der Waals surface area contributed by atoms with Crippen LogP contribution >= 0.6 is 0 Å². The zero-order chi connectivity index (χ0) is 16.7. The fourth-order valence-corrected chi connectivity index (χ4v) is 2.11. The van der Waals surface area contributed by atoms with Crippen LogP contribution in [-0.4, -0.2) is 24.3 Å². The lowest BCUT2D eigenvalue weighted by Gasteiger charge is -2.14. The highest BCUT2D eigenvalue weighted by molar-refractivity contribution is 5.90. The Labute approximate surface area is 136 Å². The first-order valence-corrected chi connectivity index (χ1v) is 7.61. The minimum atomic E-state index is -0.747. The number of aliphatic hydroxyl groups is 1. The molecule has 23 heavy (non-hydrogen) atoms. The van der Waals surface area contributed by atoms with E-state index in [1.807, 2.05) is 50.2 Å². The fraction of sp³-hybridized carbons (Fsp3) is 0.278. The van der Waals surface area contributed by atoms with Crippen LogP contribution in [-0.2, 0) is 0 Å². The average Bonchev–Trinajstić information content (AvgIpc) is 2.55. The predicted molar refractivity (Wildman–Crippen MR) is 90.8 cm³/mol. The molecular weight excluding hydrogens is 292 g/mol. The smallest absolute Gasteiger partial charge is 0.319 e. The van der Waals surface area contributed by atoms with E-state index in [-0.39, 0.29) is 12.6 Å². The maximum atomic E-state index is 12.0. The third kappa shape index (κ3) is 5.00. The van der Waals surface area contributed by atoms with Crippen molar-refractivity contribution >= 4 is 11.7 Å². The summed E-state index contributed by atoms with van der Waals surface area (Å²) in [6, 6.07) is 14.4. The number of aryl methyl sites for hydroxylation is 1. The molecule has 1 atom stereocenters. The summed E-state index contributed by atoms with van der Waals surface area (Å²) in [4.78, 5) is 12.0. The van der Waals surface area contributed by atoms with Gasteiger partial charge in [0.1, 0.15) is 5.75 Å². The van der Waals surface area contributed by atoms with Crippen molar-refractivity contribution < 1.29 is 14.6 Å². The maximum absolute atomic E-state index is 12.0. The number of ether oxygens (including phenoxy) is 1. The molecule has 0 aromatic heterocycles. The molecule has 2 aromatic rings. The molecule has 0 fully saturated rings. The molecule has 0 heterocycles. The number of hydrogen-bond acceptors (Lipinski definition) is 3. The number of benzene rings is 2. The number of hydrogen-bond donors (Lipinski definition) is 3. The van der Waals surface area contributed by atoms with Gasteiger partial charge in [-0.2, -0.15) is 0 Å². The van der Waals surface area contributed by atoms with Crippen molar-refractivity contribution in [3.8, 4) is 5.75 Å². The van der Waals surface area contributed by atoms with E-state index in [0.717, 1.165) is 11.1 Å². The summed E-state index contributed by atoms with van der Waals surface area (Å²) in [6.07, 6.45) is -0.747. The molecule has 0 radical (unpaired) electrons. The molecule has 5 nitrogen and oxygen atoms in total. The monoisotopic (exact) mass is 314 g/mol. The number of amides is 2. The first kappa shape index (κ1) is 16.8. The fourth-order valence-electron chi connectivity index (χ4n) is 2.11. The van der Waals surface area contributed by atoms with E-state index in [2.05, 4.69) is 10.6 Å². The highest BCUT2D eigenvalue weighted by Crippen LogP contribution is 2.23. The molecule has 2 aromatic carbocycles. The molecule has 1 unspecified atom stereocenters. The van der Waals surface area contributed by atoms with Gasteiger partial charge < -0.3 is 20.5 Å². The predicted octanol–water partition coefficient (Wildman–Crippen LogP) is 3.25. The van der Waals surface area contributed by atoms with Crippen LogP contribution in [0.1, 0.15) is 24.2 Å². The van der Waals surface area contributed by atoms with Gasteiger partial charge in [-0.15, -0.1) is 0 Å². The van der Waals surface area contributed by atoms with Gasteiger partial charge in [0, 0.05) is 6.54 Å². The summed E-state index contributed by atoms with van der Waals surface area (Å²) in [6.45, 7) is 4.52. The topological polar surface area (TPSA) is 70.6 Å². The lowest BCUT2D eigenvalue weighted by atomic mass is 10.1. The number of anilines is 1. The summed E-state index contributed by atoms with van der Waals surface area (Å²) < 4.78 is 5.45. The van der Waals surface area contributed by atoms with Crippen molar-refractivity contribution in [2.24, 2.45) is 0 Å². The summed E-state index contributed by atoms with van der Waals surface area (Å²) in [5, 5.41) is 15.5. The van der Waals surface area contributed by atoms with Crippen molar-refractivity contribution in [1.82, 2.24) is 5.32 Å². The third-order valence-electron chi connectivity index (χ3n) is 3.35. The average molecular weight is 314 g/mol. The normalized spacial score (nSPS) is 11.6. The van der Waals surface area contributed by atoms with Crippen molar-refractivity contribution in [1.29, 1.82) is 0 Å². The summed E-state index contributed by atoms with van der Waals surface area (Å²) in [5.41, 5.74) is 2.49. The molecule has 0 saturated heterocycles. The van der Waals surface area contributed by atoms with Gasteiger partial charge in [-0.3, -0.25) is 0 Å². The van der Waals surface area contributed by atoms with E-state index < -0.39 is 6.10 Å². The van der Waals surface area contributed by atoms with Crippen LogP contribution in [0.15, 0.2) is 48.5 Å². The van der Waals surface area contributed by atoms with E-state index in [1.165, 1.54) is 0 Å². The van der Waals surface area contributed by atoms with Crippen LogP contribution in [0.5, 0.6) is 5.75 Å². The van der Waals surface area contributed by atoms with Gasteiger partial charge in [0.2, 0.25) is 0 Å². The lowest BCUT2D eigenvalue weighted by molar-refractivity contribution is 0.175. The summed E-state index contributed by atoms with van der Waals surface area (Å²) >= 11 is 0. The zero-order valence-corrected chi connectivity index (χ0v) is 13.4. The number of para-hydroxylation sites is 2. The first-order valence-electron chi connectivity index (χ1n) is 7.61. The van der Waals surface area contributed by atoms with Gasteiger partial charge in [-0.05, 0) is 31.5 Å². The second-order valence-electron chi connectivity index (χ2n) is 5.19. The number of carbonyl (C=O) groups excluding carboxylic acids is 1. The molecule has 0 aliphatic carbocycles. The molecule has 2 rings (SSSR count). The molecule has 3 N–H and O–H groups in total. The SMILES string of the molecule is CCOc1ccccc1NC(=O)NCC(O)c1ccc(C)cc1. The highest BCUT2D eigenvalue weighted by atomic mass is 16.5. The van der Waals surface area contributed by atoms with Gasteiger partial charge >= 0.3 is 6.03 Å². The van der Waals surface area contributed by atoms with E-state index in [1.54, 1.807) is 12.1 Å². The van der Waals surface area contributed by atoms with Crippen LogP contribution in [0.3, 0.4) is 0 Å². The Morgan fingerprint density at radius 2 is 1.87 bits per heavy atom. The Kier molecular flexibility index (Phi) is 6.00. The molecule has 122 valence electrons. The van der Waals surface area contributed by atoms with Gasteiger partial charge in [0.25, 0.3) is 0 Å². The Morgan fingerprint density at radius 3 is 2.57 bits per heavy atom. The standard InChI is InChI=1S/C18H22N2O3/c1-3-23-17-7-5-4-6-15(17)20-18(22)19-12-16(21)14-10-8-13(2)9-11-14/h4-11,16,21H,3,12H2,1-2H3,(H2,19,20,22). The van der Waals surface area contributed by atoms with Crippen LogP contribution in [0.2, 0.25) is 0 Å². The molecule has 0 bridgehead atoms. The Morgan fingerprint density at radius 1 is 1.17 bits per heavy atom. The molecule has 0 saturated carbocycles. The minimum Gasteiger partial charge on any atom is -0.492 e. The minimum absolute atomic E-state index is 0.131. The van der Waals surface area contributed by atoms with Gasteiger partial charge in [-0.1, -0.05) is 42.0 Å². The molecule has 0 aliphatic heterocycles. The van der Waals surface area contributed by atoms with Gasteiger partial charge in [0.15, 0.2) is 0 Å². The molecule has 0 aliphatic rings. The number of nitrogens with one attached hydrogen (secondary N) is 2. The quantitative estimate of drug-likeness (QED) is 0.766. The Hall–Kier alpha value is -2.53. The first-order chi connectivity index (χ1) is 11.1. The maximum Gasteiger partial charge on any atom is 0.319 e. The molecular formula is C18H22N2O3. The highest BCUT2D eigenvalue weighted by Gasteiger charge is 2.11. The van der Waals surface area contributed by atoms with Crippen LogP contribution < -0.4 is 15.4 Å².